The highest BCUT2D eigenvalue weighted by Gasteiger charge is 2.43. The maximum Gasteiger partial charge on any atom is 0.356 e. The summed E-state index contributed by atoms with van der Waals surface area (Å²) in [5, 5.41) is 0. The Morgan fingerprint density at radius 3 is 1.93 bits per heavy atom. The second-order valence-corrected chi connectivity index (χ2v) is 6.77. The predicted octanol–water partition coefficient (Wildman–Crippen LogP) is -0.480. The second kappa shape index (κ2) is 6.08. The lowest BCUT2D eigenvalue weighted by Gasteiger charge is -2.20. The van der Waals surface area contributed by atoms with Gasteiger partial charge in [-0.1, -0.05) is 13.3 Å². The summed E-state index contributed by atoms with van der Waals surface area (Å²) in [5.74, 6) is 0. The van der Waals surface area contributed by atoms with Crippen molar-refractivity contribution in [3.05, 3.63) is 0 Å². The third-order valence-corrected chi connectivity index (χ3v) is 4.86. The molecule has 15 heavy (non-hydrogen) atoms. The fourth-order valence-corrected chi connectivity index (χ4v) is 2.88. The molecule has 0 fully saturated rings. The van der Waals surface area contributed by atoms with Gasteiger partial charge in [-0.25, -0.2) is 5.43 Å². The average Bonchev–Trinajstić information content (AvgIpc) is 1.99. The minimum absolute atomic E-state index is 0.368. The fourth-order valence-electron chi connectivity index (χ4n) is 0.793. The molecule has 0 amide bonds. The first kappa shape index (κ1) is 15.2. The van der Waals surface area contributed by atoms with Gasteiger partial charge in [0, 0.05) is 6.54 Å². The molecule has 0 aromatic heterocycles. The lowest BCUT2D eigenvalue weighted by atomic mass is 10.3. The molecule has 0 saturated carbocycles. The van der Waals surface area contributed by atoms with E-state index in [1.165, 1.54) is 0 Å². The predicted molar refractivity (Wildman–Crippen MR) is 53.9 cm³/mol. The number of unbranched alkanes of at least 4 members (excludes halogenated alkanes) is 1. The van der Waals surface area contributed by atoms with Crippen LogP contribution in [0, 0.1) is 0 Å². The Morgan fingerprint density at radius 1 is 1.13 bits per heavy atom. The summed E-state index contributed by atoms with van der Waals surface area (Å²) in [6, 6.07) is 0. The molecule has 0 unspecified atom stereocenters. The van der Waals surface area contributed by atoms with Crippen LogP contribution in [0.4, 0.5) is 0 Å². The van der Waals surface area contributed by atoms with Gasteiger partial charge in [-0.15, -0.1) is 0 Å². The van der Waals surface area contributed by atoms with E-state index in [1.807, 2.05) is 12.3 Å². The van der Waals surface area contributed by atoms with E-state index in [0.29, 0.717) is 6.54 Å². The smallest absolute Gasteiger partial charge is 0.323 e. The van der Waals surface area contributed by atoms with Crippen LogP contribution < -0.4 is 10.9 Å². The van der Waals surface area contributed by atoms with Crippen LogP contribution in [0.2, 0.25) is 0 Å². The minimum Gasteiger partial charge on any atom is -0.323 e. The third-order valence-electron chi connectivity index (χ3n) is 1.52. The summed E-state index contributed by atoms with van der Waals surface area (Å²) < 4.78 is 21.5. The van der Waals surface area contributed by atoms with Crippen LogP contribution in [-0.2, 0) is 9.13 Å². The van der Waals surface area contributed by atoms with Crippen LogP contribution in [-0.4, -0.2) is 31.6 Å². The van der Waals surface area contributed by atoms with Crippen LogP contribution in [0.3, 0.4) is 0 Å². The summed E-state index contributed by atoms with van der Waals surface area (Å²) >= 11 is 0. The lowest BCUT2D eigenvalue weighted by molar-refractivity contribution is 0.319. The van der Waals surface area contributed by atoms with Gasteiger partial charge in [-0.2, -0.15) is 0 Å². The highest BCUT2D eigenvalue weighted by atomic mass is 31.2. The SMILES string of the molecule is CCCCNNC(P(=O)(O)O)P(=O)(O)O. The Hall–Kier alpha value is 0.220. The van der Waals surface area contributed by atoms with Crippen molar-refractivity contribution in [1.82, 2.24) is 10.9 Å². The molecular weight excluding hydrogens is 246 g/mol. The van der Waals surface area contributed by atoms with Gasteiger partial charge in [-0.05, 0) is 6.42 Å². The summed E-state index contributed by atoms with van der Waals surface area (Å²) in [7, 11) is -9.77. The highest BCUT2D eigenvalue weighted by molar-refractivity contribution is 7.70. The summed E-state index contributed by atoms with van der Waals surface area (Å²) in [6.45, 7) is 2.28. The molecule has 0 aromatic carbocycles. The molecule has 0 rings (SSSR count). The Morgan fingerprint density at radius 2 is 1.60 bits per heavy atom. The molecule has 10 heteroatoms. The van der Waals surface area contributed by atoms with Gasteiger partial charge in [0.25, 0.3) is 0 Å². The molecule has 0 aliphatic rings. The van der Waals surface area contributed by atoms with Crippen LogP contribution in [0.1, 0.15) is 19.8 Å². The summed E-state index contributed by atoms with van der Waals surface area (Å²) in [6.07, 6.45) is 1.58. The molecular formula is C5H16N2O6P2. The van der Waals surface area contributed by atoms with Gasteiger partial charge >= 0.3 is 15.2 Å². The molecule has 0 bridgehead atoms. The Bertz CT molecular complexity index is 251. The maximum atomic E-state index is 10.7. The zero-order valence-corrected chi connectivity index (χ0v) is 9.99. The number of hydrazine groups is 1. The van der Waals surface area contributed by atoms with Gasteiger partial charge in [-0.3, -0.25) is 14.6 Å². The van der Waals surface area contributed by atoms with Crippen LogP contribution in [0.25, 0.3) is 0 Å². The highest BCUT2D eigenvalue weighted by Crippen LogP contribution is 2.57. The van der Waals surface area contributed by atoms with Crippen molar-refractivity contribution in [3.8, 4) is 0 Å². The van der Waals surface area contributed by atoms with E-state index in [-0.39, 0.29) is 0 Å². The van der Waals surface area contributed by atoms with Crippen LogP contribution in [0.5, 0.6) is 0 Å². The monoisotopic (exact) mass is 262 g/mol. The molecule has 0 aliphatic carbocycles. The molecule has 0 spiro atoms. The Kier molecular flexibility index (Phi) is 6.17. The molecule has 0 radical (unpaired) electrons. The summed E-state index contributed by atoms with van der Waals surface area (Å²) in [5.41, 5.74) is 2.13. The molecule has 0 saturated heterocycles. The van der Waals surface area contributed by atoms with Crippen molar-refractivity contribution >= 4 is 15.2 Å². The Labute approximate surface area is 87.4 Å². The molecule has 8 nitrogen and oxygen atoms in total. The van der Waals surface area contributed by atoms with E-state index in [9.17, 15) is 9.13 Å². The first-order chi connectivity index (χ1) is 6.69. The molecule has 0 heterocycles. The third kappa shape index (κ3) is 6.40. The van der Waals surface area contributed by atoms with Gasteiger partial charge in [0.1, 0.15) is 0 Å². The fraction of sp³-hybridized carbons (Fsp3) is 1.00. The van der Waals surface area contributed by atoms with E-state index < -0.39 is 20.7 Å². The van der Waals surface area contributed by atoms with Crippen molar-refractivity contribution in [2.45, 2.75) is 25.3 Å². The average molecular weight is 262 g/mol. The topological polar surface area (TPSA) is 139 Å². The van der Waals surface area contributed by atoms with E-state index in [0.717, 1.165) is 12.8 Å². The number of nitrogens with one attached hydrogen (secondary N) is 2. The van der Waals surface area contributed by atoms with E-state index in [4.69, 9.17) is 19.6 Å². The quantitative estimate of drug-likeness (QED) is 0.205. The van der Waals surface area contributed by atoms with Gasteiger partial charge in [0.05, 0.1) is 0 Å². The standard InChI is InChI=1S/C5H16N2O6P2/c1-2-3-4-6-7-5(14(8,9)10)15(11,12)13/h5-7H,2-4H2,1H3,(H2,8,9,10)(H2,11,12,13). The first-order valence-electron chi connectivity index (χ1n) is 4.28. The summed E-state index contributed by atoms with van der Waals surface area (Å²) in [4.78, 5) is 34.7. The van der Waals surface area contributed by atoms with E-state index >= 15 is 0 Å². The molecule has 0 atom stereocenters. The maximum absolute atomic E-state index is 10.7. The number of rotatable bonds is 7. The van der Waals surface area contributed by atoms with Crippen LogP contribution in [0.15, 0.2) is 0 Å². The normalized spacial score (nSPS) is 13.5. The van der Waals surface area contributed by atoms with E-state index in [1.54, 1.807) is 0 Å². The number of hydrogen-bond donors (Lipinski definition) is 6. The zero-order valence-electron chi connectivity index (χ0n) is 8.20. The van der Waals surface area contributed by atoms with Crippen molar-refractivity contribution in [2.24, 2.45) is 0 Å². The Balaban J connectivity index is 4.30. The molecule has 0 aliphatic heterocycles. The largest absolute Gasteiger partial charge is 0.356 e. The second-order valence-electron chi connectivity index (χ2n) is 2.98. The van der Waals surface area contributed by atoms with E-state index in [2.05, 4.69) is 5.43 Å². The van der Waals surface area contributed by atoms with Crippen LogP contribution >= 0.6 is 15.2 Å². The number of hydrogen-bond acceptors (Lipinski definition) is 4. The van der Waals surface area contributed by atoms with Gasteiger partial charge in [0.2, 0.25) is 5.52 Å². The first-order valence-corrected chi connectivity index (χ1v) is 7.64. The van der Waals surface area contributed by atoms with Crippen molar-refractivity contribution in [1.29, 1.82) is 0 Å². The van der Waals surface area contributed by atoms with Crippen molar-refractivity contribution in [3.63, 3.8) is 0 Å². The van der Waals surface area contributed by atoms with Crippen molar-refractivity contribution in [2.75, 3.05) is 6.54 Å². The van der Waals surface area contributed by atoms with Crippen molar-refractivity contribution < 1.29 is 28.7 Å². The zero-order chi connectivity index (χ0) is 12.1. The molecule has 92 valence electrons. The molecule has 6 N–H and O–H groups in total. The lowest BCUT2D eigenvalue weighted by Crippen LogP contribution is -2.40. The molecule has 0 aromatic rings. The van der Waals surface area contributed by atoms with Gasteiger partial charge < -0.3 is 19.6 Å². The minimum atomic E-state index is -4.88. The van der Waals surface area contributed by atoms with Gasteiger partial charge in [0.15, 0.2) is 0 Å².